The topological polar surface area (TPSA) is 51.0 Å². The van der Waals surface area contributed by atoms with Crippen LogP contribution in [0.2, 0.25) is 0 Å². The Bertz CT molecular complexity index is 705. The zero-order valence-electron chi connectivity index (χ0n) is 14.7. The lowest BCUT2D eigenvalue weighted by Gasteiger charge is -2.34. The van der Waals surface area contributed by atoms with Crippen LogP contribution in [0.1, 0.15) is 56.0 Å². The normalized spacial score (nSPS) is 21.6. The molecule has 1 saturated carbocycles. The quantitative estimate of drug-likeness (QED) is 0.860. The monoisotopic (exact) mass is 338 g/mol. The zero-order chi connectivity index (χ0) is 17.1. The van der Waals surface area contributed by atoms with Gasteiger partial charge in [-0.15, -0.1) is 0 Å². The van der Waals surface area contributed by atoms with Crippen molar-refractivity contribution < 1.29 is 4.79 Å². The van der Waals surface area contributed by atoms with Crippen molar-refractivity contribution in [2.45, 2.75) is 51.0 Å². The van der Waals surface area contributed by atoms with Gasteiger partial charge in [0.2, 0.25) is 5.91 Å². The molecule has 2 aliphatic rings. The Hall–Kier alpha value is -2.17. The van der Waals surface area contributed by atoms with Gasteiger partial charge in [-0.3, -0.25) is 9.78 Å². The molecule has 0 bridgehead atoms. The van der Waals surface area contributed by atoms with Gasteiger partial charge in [0.05, 0.1) is 12.2 Å². The lowest BCUT2D eigenvalue weighted by molar-refractivity contribution is -0.136. The van der Waals surface area contributed by atoms with Crippen LogP contribution >= 0.6 is 0 Å². The highest BCUT2D eigenvalue weighted by Gasteiger charge is 2.32. The number of pyridine rings is 1. The number of carbonyl (C=O) groups excluding carboxylic acids is 1. The minimum absolute atomic E-state index is 0.270. The fourth-order valence-electron chi connectivity index (χ4n) is 4.30. The largest absolute Gasteiger partial charge is 0.342 e. The van der Waals surface area contributed by atoms with Crippen molar-refractivity contribution in [1.82, 2.24) is 19.4 Å². The summed E-state index contributed by atoms with van der Waals surface area (Å²) in [6.07, 6.45) is 12.5. The Labute approximate surface area is 149 Å². The van der Waals surface area contributed by atoms with E-state index in [0.29, 0.717) is 11.8 Å². The summed E-state index contributed by atoms with van der Waals surface area (Å²) in [7, 11) is 0. The second-order valence-electron chi connectivity index (χ2n) is 7.34. The number of nitrogens with zero attached hydrogens (tertiary/aromatic N) is 4. The van der Waals surface area contributed by atoms with Gasteiger partial charge in [0.25, 0.3) is 0 Å². The van der Waals surface area contributed by atoms with Gasteiger partial charge in [-0.1, -0.05) is 18.9 Å². The first kappa shape index (κ1) is 16.3. The van der Waals surface area contributed by atoms with Crippen molar-refractivity contribution in [3.8, 4) is 0 Å². The Morgan fingerprint density at radius 3 is 2.76 bits per heavy atom. The van der Waals surface area contributed by atoms with E-state index in [0.717, 1.165) is 56.8 Å². The second kappa shape index (κ2) is 7.38. The average molecular weight is 338 g/mol. The van der Waals surface area contributed by atoms with Crippen molar-refractivity contribution >= 4 is 5.91 Å². The molecule has 1 saturated heterocycles. The fraction of sp³-hybridized carbons (Fsp3) is 0.550. The van der Waals surface area contributed by atoms with E-state index >= 15 is 0 Å². The van der Waals surface area contributed by atoms with E-state index < -0.39 is 0 Å². The van der Waals surface area contributed by atoms with Crippen LogP contribution in [-0.2, 0) is 11.3 Å². The summed E-state index contributed by atoms with van der Waals surface area (Å²) in [5.41, 5.74) is 1.04. The molecule has 3 heterocycles. The van der Waals surface area contributed by atoms with Crippen molar-refractivity contribution in [2.24, 2.45) is 5.92 Å². The zero-order valence-corrected chi connectivity index (χ0v) is 14.7. The summed E-state index contributed by atoms with van der Waals surface area (Å²) in [6, 6.07) is 5.99. The highest BCUT2D eigenvalue weighted by Crippen LogP contribution is 2.31. The maximum absolute atomic E-state index is 12.8. The molecule has 0 N–H and O–H groups in total. The third kappa shape index (κ3) is 3.60. The summed E-state index contributed by atoms with van der Waals surface area (Å²) in [5, 5.41) is 0. The molecule has 0 radical (unpaired) electrons. The first-order chi connectivity index (χ1) is 12.3. The van der Waals surface area contributed by atoms with Gasteiger partial charge in [-0.2, -0.15) is 0 Å². The van der Waals surface area contributed by atoms with Crippen LogP contribution in [0.3, 0.4) is 0 Å². The number of hydrogen-bond donors (Lipinski definition) is 0. The summed E-state index contributed by atoms with van der Waals surface area (Å²) in [6.45, 7) is 2.46. The van der Waals surface area contributed by atoms with Gasteiger partial charge >= 0.3 is 0 Å². The lowest BCUT2D eigenvalue weighted by Crippen LogP contribution is -2.42. The SMILES string of the molecule is O=C(C1CCCC1)N1CCCC(c2nccn2Cc2ccccn2)C1. The van der Waals surface area contributed by atoms with Gasteiger partial charge < -0.3 is 9.47 Å². The molecular formula is C20H26N4O. The van der Waals surface area contributed by atoms with Crippen LogP contribution in [0.25, 0.3) is 0 Å². The predicted octanol–water partition coefficient (Wildman–Crippen LogP) is 3.22. The molecule has 1 aliphatic heterocycles. The Balaban J connectivity index is 1.46. The van der Waals surface area contributed by atoms with E-state index in [2.05, 4.69) is 19.4 Å². The fourth-order valence-corrected chi connectivity index (χ4v) is 4.30. The number of imidazole rings is 1. The number of carbonyl (C=O) groups is 1. The summed E-state index contributed by atoms with van der Waals surface area (Å²) in [5.74, 6) is 2.07. The highest BCUT2D eigenvalue weighted by molar-refractivity contribution is 5.79. The maximum Gasteiger partial charge on any atom is 0.225 e. The molecule has 0 aromatic carbocycles. The Kier molecular flexibility index (Phi) is 4.81. The molecule has 2 fully saturated rings. The van der Waals surface area contributed by atoms with Crippen LogP contribution in [0, 0.1) is 5.92 Å². The van der Waals surface area contributed by atoms with Crippen molar-refractivity contribution in [1.29, 1.82) is 0 Å². The minimum atomic E-state index is 0.270. The van der Waals surface area contributed by atoms with E-state index in [9.17, 15) is 4.79 Å². The molecule has 1 atom stereocenters. The number of rotatable bonds is 4. The minimum Gasteiger partial charge on any atom is -0.342 e. The molecule has 25 heavy (non-hydrogen) atoms. The molecule has 0 spiro atoms. The van der Waals surface area contributed by atoms with Crippen molar-refractivity contribution in [2.75, 3.05) is 13.1 Å². The van der Waals surface area contributed by atoms with Gasteiger partial charge in [-0.05, 0) is 37.8 Å². The maximum atomic E-state index is 12.8. The van der Waals surface area contributed by atoms with Crippen LogP contribution in [-0.4, -0.2) is 38.4 Å². The molecular weight excluding hydrogens is 312 g/mol. The van der Waals surface area contributed by atoms with Crippen molar-refractivity contribution in [3.63, 3.8) is 0 Å². The Morgan fingerprint density at radius 1 is 1.08 bits per heavy atom. The molecule has 5 heteroatoms. The standard InChI is InChI=1S/C20H26N4O/c25-20(16-6-1-2-7-16)24-12-5-8-17(14-24)19-22-11-13-23(19)15-18-9-3-4-10-21-18/h3-4,9-11,13,16-17H,1-2,5-8,12,14-15H2. The average Bonchev–Trinajstić information content (AvgIpc) is 3.34. The van der Waals surface area contributed by atoms with E-state index in [-0.39, 0.29) is 5.92 Å². The van der Waals surface area contributed by atoms with Crippen LogP contribution in [0.15, 0.2) is 36.8 Å². The first-order valence-electron chi connectivity index (χ1n) is 9.51. The first-order valence-corrected chi connectivity index (χ1v) is 9.51. The second-order valence-corrected chi connectivity index (χ2v) is 7.34. The van der Waals surface area contributed by atoms with Crippen LogP contribution in [0.4, 0.5) is 0 Å². The number of amides is 1. The van der Waals surface area contributed by atoms with E-state index in [1.165, 1.54) is 12.8 Å². The van der Waals surface area contributed by atoms with E-state index in [1.807, 2.05) is 36.8 Å². The summed E-state index contributed by atoms with van der Waals surface area (Å²) in [4.78, 5) is 23.9. The molecule has 132 valence electrons. The lowest BCUT2D eigenvalue weighted by atomic mass is 9.95. The smallest absolute Gasteiger partial charge is 0.225 e. The Morgan fingerprint density at radius 2 is 1.96 bits per heavy atom. The third-order valence-electron chi connectivity index (χ3n) is 5.61. The molecule has 4 rings (SSSR count). The summed E-state index contributed by atoms with van der Waals surface area (Å²) >= 11 is 0. The number of aromatic nitrogens is 3. The van der Waals surface area contributed by atoms with Crippen LogP contribution in [0.5, 0.6) is 0 Å². The van der Waals surface area contributed by atoms with Crippen LogP contribution < -0.4 is 0 Å². The third-order valence-corrected chi connectivity index (χ3v) is 5.61. The molecule has 1 unspecified atom stereocenters. The van der Waals surface area contributed by atoms with Gasteiger partial charge in [-0.25, -0.2) is 4.98 Å². The molecule has 1 aliphatic carbocycles. The molecule has 1 amide bonds. The summed E-state index contributed by atoms with van der Waals surface area (Å²) < 4.78 is 2.19. The van der Waals surface area contributed by atoms with Gasteiger partial charge in [0.15, 0.2) is 0 Å². The number of likely N-dealkylation sites (tertiary alicyclic amines) is 1. The van der Waals surface area contributed by atoms with Gasteiger partial charge in [0, 0.05) is 43.5 Å². The van der Waals surface area contributed by atoms with Gasteiger partial charge in [0.1, 0.15) is 5.82 Å². The number of piperidine rings is 1. The predicted molar refractivity (Wildman–Crippen MR) is 96.1 cm³/mol. The molecule has 2 aromatic rings. The number of hydrogen-bond acceptors (Lipinski definition) is 3. The molecule has 5 nitrogen and oxygen atoms in total. The molecule has 2 aromatic heterocycles. The van der Waals surface area contributed by atoms with E-state index in [1.54, 1.807) is 0 Å². The van der Waals surface area contributed by atoms with E-state index in [4.69, 9.17) is 0 Å². The highest BCUT2D eigenvalue weighted by atomic mass is 16.2. The van der Waals surface area contributed by atoms with Crippen molar-refractivity contribution in [3.05, 3.63) is 48.3 Å².